The van der Waals surface area contributed by atoms with E-state index in [0.29, 0.717) is 12.5 Å². The summed E-state index contributed by atoms with van der Waals surface area (Å²) < 4.78 is 5.40. The van der Waals surface area contributed by atoms with Crippen LogP contribution in [0.1, 0.15) is 87.5 Å². The van der Waals surface area contributed by atoms with Gasteiger partial charge in [-0.15, -0.1) is 0 Å². The molecule has 2 aromatic rings. The standard InChI is InChI=1S/C29H39N3O3/c1-28(2,3)35-27(34)30-15-12-21-19-29(24-11-7-6-9-22(21)24)13-16-32(17-14-29)25-18-20-8-4-5-10-23(20)26(33)31-25/h6-7,9,11,18,21H,4-5,8,10,12-17,19H2,1-3H3,(H,30,34)(H,31,33). The van der Waals surface area contributed by atoms with Gasteiger partial charge in [-0.1, -0.05) is 24.3 Å². The van der Waals surface area contributed by atoms with Gasteiger partial charge in [-0.05, 0) is 106 Å². The highest BCUT2D eigenvalue weighted by molar-refractivity contribution is 5.67. The number of anilines is 1. The number of carbonyl (C=O) groups excluding carboxylic acids is 1. The van der Waals surface area contributed by atoms with Gasteiger partial charge in [0, 0.05) is 25.2 Å². The summed E-state index contributed by atoms with van der Waals surface area (Å²) in [6.07, 6.45) is 8.10. The summed E-state index contributed by atoms with van der Waals surface area (Å²) in [5.41, 5.74) is 4.99. The van der Waals surface area contributed by atoms with Crippen LogP contribution in [0.25, 0.3) is 0 Å². The Bertz CT molecular complexity index is 1140. The lowest BCUT2D eigenvalue weighted by atomic mass is 9.73. The smallest absolute Gasteiger partial charge is 0.407 e. The van der Waals surface area contributed by atoms with Crippen molar-refractivity contribution in [3.05, 3.63) is 62.9 Å². The quantitative estimate of drug-likeness (QED) is 0.635. The van der Waals surface area contributed by atoms with Crippen LogP contribution >= 0.6 is 0 Å². The number of ether oxygens (including phenoxy) is 1. The van der Waals surface area contributed by atoms with Crippen LogP contribution in [0.15, 0.2) is 35.1 Å². The molecule has 2 heterocycles. The van der Waals surface area contributed by atoms with E-state index in [-0.39, 0.29) is 17.1 Å². The van der Waals surface area contributed by atoms with Gasteiger partial charge in [0.15, 0.2) is 0 Å². The van der Waals surface area contributed by atoms with Crippen LogP contribution in [0.2, 0.25) is 0 Å². The maximum atomic E-state index is 12.7. The van der Waals surface area contributed by atoms with Crippen molar-refractivity contribution in [2.24, 2.45) is 0 Å². The zero-order valence-electron chi connectivity index (χ0n) is 21.4. The normalized spacial score (nSPS) is 20.9. The Morgan fingerprint density at radius 3 is 2.69 bits per heavy atom. The second-order valence-corrected chi connectivity index (χ2v) is 11.7. The molecule has 5 rings (SSSR count). The molecule has 35 heavy (non-hydrogen) atoms. The summed E-state index contributed by atoms with van der Waals surface area (Å²) in [4.78, 5) is 30.3. The Labute approximate surface area is 208 Å². The molecule has 1 amide bonds. The van der Waals surface area contributed by atoms with E-state index < -0.39 is 5.60 Å². The molecule has 6 heteroatoms. The summed E-state index contributed by atoms with van der Waals surface area (Å²) in [6, 6.07) is 11.1. The average Bonchev–Trinajstić information content (AvgIpc) is 3.11. The van der Waals surface area contributed by atoms with Crippen molar-refractivity contribution in [1.29, 1.82) is 0 Å². The Kier molecular flexibility index (Phi) is 6.41. The zero-order valence-corrected chi connectivity index (χ0v) is 21.4. The van der Waals surface area contributed by atoms with Gasteiger partial charge in [0.2, 0.25) is 0 Å². The molecular formula is C29H39N3O3. The number of nitrogens with zero attached hydrogens (tertiary/aromatic N) is 1. The van der Waals surface area contributed by atoms with Crippen LogP contribution in [-0.2, 0) is 23.0 Å². The lowest BCUT2D eigenvalue weighted by Crippen LogP contribution is -2.42. The van der Waals surface area contributed by atoms with E-state index >= 15 is 0 Å². The minimum Gasteiger partial charge on any atom is -0.444 e. The molecule has 0 saturated carbocycles. The maximum Gasteiger partial charge on any atom is 0.407 e. The van der Waals surface area contributed by atoms with Crippen LogP contribution in [0.3, 0.4) is 0 Å². The van der Waals surface area contributed by atoms with Crippen molar-refractivity contribution < 1.29 is 9.53 Å². The van der Waals surface area contributed by atoms with Crippen LogP contribution in [0.5, 0.6) is 0 Å². The number of benzene rings is 1. The van der Waals surface area contributed by atoms with Crippen molar-refractivity contribution >= 4 is 11.9 Å². The number of amides is 1. The summed E-state index contributed by atoms with van der Waals surface area (Å²) in [5.74, 6) is 1.44. The number of hydrogen-bond donors (Lipinski definition) is 2. The molecule has 188 valence electrons. The van der Waals surface area contributed by atoms with E-state index in [4.69, 9.17) is 4.74 Å². The van der Waals surface area contributed by atoms with Gasteiger partial charge in [0.1, 0.15) is 11.4 Å². The summed E-state index contributed by atoms with van der Waals surface area (Å²) in [5, 5.41) is 2.94. The van der Waals surface area contributed by atoms with Crippen LogP contribution in [0, 0.1) is 0 Å². The third-order valence-electron chi connectivity index (χ3n) is 8.17. The molecule has 1 unspecified atom stereocenters. The number of carbonyl (C=O) groups is 1. The van der Waals surface area contributed by atoms with Crippen LogP contribution in [0.4, 0.5) is 10.6 Å². The Morgan fingerprint density at radius 1 is 1.17 bits per heavy atom. The van der Waals surface area contributed by atoms with Crippen LogP contribution < -0.4 is 15.8 Å². The third-order valence-corrected chi connectivity index (χ3v) is 8.17. The number of aromatic amines is 1. The predicted octanol–water partition coefficient (Wildman–Crippen LogP) is 5.19. The topological polar surface area (TPSA) is 74.4 Å². The highest BCUT2D eigenvalue weighted by Gasteiger charge is 2.45. The van der Waals surface area contributed by atoms with Crippen molar-refractivity contribution in [2.45, 2.75) is 89.1 Å². The fraction of sp³-hybridized carbons (Fsp3) is 0.586. The molecule has 1 aliphatic heterocycles. The summed E-state index contributed by atoms with van der Waals surface area (Å²) in [7, 11) is 0. The highest BCUT2D eigenvalue weighted by atomic mass is 16.6. The molecule has 6 nitrogen and oxygen atoms in total. The number of alkyl carbamates (subject to hydrolysis) is 1. The molecule has 1 atom stereocenters. The zero-order chi connectivity index (χ0) is 24.6. The second kappa shape index (κ2) is 9.36. The second-order valence-electron chi connectivity index (χ2n) is 11.7. The lowest BCUT2D eigenvalue weighted by molar-refractivity contribution is 0.0526. The van der Waals surface area contributed by atoms with Crippen molar-refractivity contribution in [1.82, 2.24) is 10.3 Å². The van der Waals surface area contributed by atoms with Gasteiger partial charge in [-0.25, -0.2) is 4.79 Å². The molecule has 1 fully saturated rings. The highest BCUT2D eigenvalue weighted by Crippen LogP contribution is 2.52. The minimum absolute atomic E-state index is 0.112. The molecule has 3 aliphatic rings. The first-order valence-electron chi connectivity index (χ1n) is 13.3. The van der Waals surface area contributed by atoms with Gasteiger partial charge in [0.25, 0.3) is 5.56 Å². The fourth-order valence-electron chi connectivity index (χ4n) is 6.51. The van der Waals surface area contributed by atoms with Crippen LogP contribution in [-0.4, -0.2) is 36.3 Å². The number of piperidine rings is 1. The number of fused-ring (bicyclic) bond motifs is 3. The Balaban J connectivity index is 1.26. The molecule has 0 bridgehead atoms. The SMILES string of the molecule is CC(C)(C)OC(=O)NCCC1CC2(CCN(c3cc4c(c(=O)[nH]3)CCCC4)CC2)c2ccccc21. The molecular weight excluding hydrogens is 438 g/mol. The van der Waals surface area contributed by atoms with Crippen molar-refractivity contribution in [2.75, 3.05) is 24.5 Å². The third kappa shape index (κ3) is 4.98. The number of rotatable bonds is 4. The first kappa shape index (κ1) is 24.0. The monoisotopic (exact) mass is 477 g/mol. The molecule has 2 aliphatic carbocycles. The number of hydrogen-bond acceptors (Lipinski definition) is 4. The number of pyridine rings is 1. The van der Waals surface area contributed by atoms with Gasteiger partial charge in [0.05, 0.1) is 0 Å². The first-order valence-corrected chi connectivity index (χ1v) is 13.3. The van der Waals surface area contributed by atoms with E-state index in [0.717, 1.165) is 69.4 Å². The summed E-state index contributed by atoms with van der Waals surface area (Å²) in [6.45, 7) is 8.17. The molecule has 1 aromatic carbocycles. The Morgan fingerprint density at radius 2 is 1.91 bits per heavy atom. The minimum atomic E-state index is -0.482. The molecule has 2 N–H and O–H groups in total. The van der Waals surface area contributed by atoms with Gasteiger partial charge in [-0.3, -0.25) is 4.79 Å². The number of H-pyrrole nitrogens is 1. The molecule has 1 saturated heterocycles. The lowest BCUT2D eigenvalue weighted by Gasteiger charge is -2.41. The molecule has 1 aromatic heterocycles. The molecule has 0 radical (unpaired) electrons. The van der Waals surface area contributed by atoms with Gasteiger partial charge < -0.3 is 19.9 Å². The van der Waals surface area contributed by atoms with Gasteiger partial charge >= 0.3 is 6.09 Å². The number of aryl methyl sites for hydroxylation is 1. The van der Waals surface area contributed by atoms with E-state index in [2.05, 4.69) is 45.5 Å². The number of aromatic nitrogens is 1. The van der Waals surface area contributed by atoms with Crippen molar-refractivity contribution in [3.63, 3.8) is 0 Å². The first-order chi connectivity index (χ1) is 16.7. The van der Waals surface area contributed by atoms with E-state index in [9.17, 15) is 9.59 Å². The number of nitrogens with one attached hydrogen (secondary N) is 2. The maximum absolute atomic E-state index is 12.7. The Hall–Kier alpha value is -2.76. The van der Waals surface area contributed by atoms with Crippen molar-refractivity contribution in [3.8, 4) is 0 Å². The average molecular weight is 478 g/mol. The largest absolute Gasteiger partial charge is 0.444 e. The molecule has 1 spiro atoms. The van der Waals surface area contributed by atoms with E-state index in [1.807, 2.05) is 20.8 Å². The van der Waals surface area contributed by atoms with E-state index in [1.165, 1.54) is 23.1 Å². The predicted molar refractivity (Wildman–Crippen MR) is 139 cm³/mol. The summed E-state index contributed by atoms with van der Waals surface area (Å²) >= 11 is 0. The fourth-order valence-corrected chi connectivity index (χ4v) is 6.51. The van der Waals surface area contributed by atoms with Gasteiger partial charge in [-0.2, -0.15) is 0 Å². The van der Waals surface area contributed by atoms with E-state index in [1.54, 1.807) is 0 Å².